The minimum Gasteiger partial charge on any atom is -0.370 e. The molecule has 1 aromatic heterocycles. The number of hydrogen-bond acceptors (Lipinski definition) is 3. The predicted octanol–water partition coefficient (Wildman–Crippen LogP) is 1.96. The lowest BCUT2D eigenvalue weighted by Crippen LogP contribution is -2.45. The summed E-state index contributed by atoms with van der Waals surface area (Å²) in [5.41, 5.74) is 1.22. The summed E-state index contributed by atoms with van der Waals surface area (Å²) in [6.45, 7) is 4.79. The summed E-state index contributed by atoms with van der Waals surface area (Å²) in [6, 6.07) is 12.7. The molecule has 0 radical (unpaired) electrons. The third-order valence-corrected chi connectivity index (χ3v) is 4.03. The zero-order valence-electron chi connectivity index (χ0n) is 14.8. The average Bonchev–Trinajstić information content (AvgIpc) is 3.14. The van der Waals surface area contributed by atoms with Gasteiger partial charge in [-0.05, 0) is 31.5 Å². The zero-order valence-corrected chi connectivity index (χ0v) is 14.8. The van der Waals surface area contributed by atoms with E-state index in [2.05, 4.69) is 63.9 Å². The topological polar surface area (TPSA) is 57.5 Å². The molecule has 6 nitrogen and oxygen atoms in total. The predicted molar refractivity (Wildman–Crippen MR) is 101 cm³/mol. The van der Waals surface area contributed by atoms with Crippen LogP contribution in [0.5, 0.6) is 0 Å². The molecular weight excluding hydrogens is 300 g/mol. The van der Waals surface area contributed by atoms with E-state index in [0.29, 0.717) is 6.04 Å². The summed E-state index contributed by atoms with van der Waals surface area (Å²) in [7, 11) is 3.91. The maximum absolute atomic E-state index is 4.28. The van der Waals surface area contributed by atoms with Crippen molar-refractivity contribution in [3.05, 3.63) is 48.8 Å². The lowest BCUT2D eigenvalue weighted by atomic mass is 10.2. The maximum atomic E-state index is 4.28. The number of aryl methyl sites for hydroxylation is 1. The van der Waals surface area contributed by atoms with Crippen LogP contribution in [-0.2, 0) is 6.54 Å². The number of para-hydroxylation sites is 1. The average molecular weight is 328 g/mol. The first-order valence-electron chi connectivity index (χ1n) is 8.40. The van der Waals surface area contributed by atoms with Crippen LogP contribution >= 0.6 is 0 Å². The van der Waals surface area contributed by atoms with Gasteiger partial charge in [0.1, 0.15) is 0 Å². The molecule has 1 heterocycles. The summed E-state index contributed by atoms with van der Waals surface area (Å²) >= 11 is 0. The van der Waals surface area contributed by atoms with E-state index in [1.807, 2.05) is 23.0 Å². The van der Waals surface area contributed by atoms with E-state index in [0.717, 1.165) is 32.0 Å². The van der Waals surface area contributed by atoms with Crippen LogP contribution in [0.3, 0.4) is 0 Å². The fourth-order valence-electron chi connectivity index (χ4n) is 2.40. The van der Waals surface area contributed by atoms with Crippen LogP contribution in [0.25, 0.3) is 0 Å². The number of aromatic nitrogens is 2. The molecule has 0 fully saturated rings. The van der Waals surface area contributed by atoms with Crippen LogP contribution < -0.4 is 15.5 Å². The first kappa shape index (κ1) is 17.8. The Bertz CT molecular complexity index is 593. The summed E-state index contributed by atoms with van der Waals surface area (Å²) in [4.78, 5) is 6.54. The minimum atomic E-state index is 0.357. The number of rotatable bonds is 8. The number of guanidine groups is 1. The zero-order chi connectivity index (χ0) is 17.2. The summed E-state index contributed by atoms with van der Waals surface area (Å²) < 4.78 is 1.94. The van der Waals surface area contributed by atoms with E-state index in [9.17, 15) is 0 Å². The number of anilines is 1. The van der Waals surface area contributed by atoms with Gasteiger partial charge >= 0.3 is 0 Å². The quantitative estimate of drug-likeness (QED) is 0.442. The van der Waals surface area contributed by atoms with E-state index < -0.39 is 0 Å². The van der Waals surface area contributed by atoms with Gasteiger partial charge in [0.2, 0.25) is 0 Å². The summed E-state index contributed by atoms with van der Waals surface area (Å²) in [5.74, 6) is 0.837. The van der Waals surface area contributed by atoms with Gasteiger partial charge in [0.05, 0.1) is 0 Å². The first-order valence-corrected chi connectivity index (χ1v) is 8.40. The lowest BCUT2D eigenvalue weighted by Gasteiger charge is -2.27. The maximum Gasteiger partial charge on any atom is 0.191 e. The van der Waals surface area contributed by atoms with Crippen molar-refractivity contribution >= 4 is 11.6 Å². The Balaban J connectivity index is 1.68. The number of nitrogens with zero attached hydrogens (tertiary/aromatic N) is 4. The number of hydrogen-bond donors (Lipinski definition) is 2. The summed E-state index contributed by atoms with van der Waals surface area (Å²) in [5, 5.41) is 10.9. The monoisotopic (exact) mass is 328 g/mol. The lowest BCUT2D eigenvalue weighted by molar-refractivity contribution is 0.568. The second-order valence-electron chi connectivity index (χ2n) is 5.80. The van der Waals surface area contributed by atoms with Crippen LogP contribution in [0.1, 0.15) is 13.3 Å². The van der Waals surface area contributed by atoms with Gasteiger partial charge in [-0.15, -0.1) is 0 Å². The highest BCUT2D eigenvalue weighted by Crippen LogP contribution is 2.13. The molecular formula is C18H28N6. The normalized spacial score (nSPS) is 12.7. The highest BCUT2D eigenvalue weighted by Gasteiger charge is 2.10. The van der Waals surface area contributed by atoms with Crippen molar-refractivity contribution in [1.29, 1.82) is 0 Å². The van der Waals surface area contributed by atoms with Gasteiger partial charge in [0.15, 0.2) is 5.96 Å². The Morgan fingerprint density at radius 3 is 2.71 bits per heavy atom. The number of likely N-dealkylation sites (N-methyl/N-ethyl adjacent to an activating group) is 1. The van der Waals surface area contributed by atoms with Crippen molar-refractivity contribution in [2.24, 2.45) is 4.99 Å². The molecule has 0 aliphatic carbocycles. The van der Waals surface area contributed by atoms with Crippen molar-refractivity contribution in [2.45, 2.75) is 25.9 Å². The third-order valence-electron chi connectivity index (χ3n) is 4.03. The highest BCUT2D eigenvalue weighted by atomic mass is 15.3. The largest absolute Gasteiger partial charge is 0.370 e. The van der Waals surface area contributed by atoms with Crippen molar-refractivity contribution in [2.75, 3.05) is 32.1 Å². The second kappa shape index (κ2) is 9.60. The Hall–Kier alpha value is -2.50. The van der Waals surface area contributed by atoms with Gasteiger partial charge in [-0.2, -0.15) is 5.10 Å². The second-order valence-corrected chi connectivity index (χ2v) is 5.80. The third kappa shape index (κ3) is 5.61. The van der Waals surface area contributed by atoms with Gasteiger partial charge in [0, 0.05) is 57.9 Å². The molecule has 0 amide bonds. The van der Waals surface area contributed by atoms with Gasteiger partial charge < -0.3 is 15.5 Å². The van der Waals surface area contributed by atoms with Crippen molar-refractivity contribution in [3.63, 3.8) is 0 Å². The Kier molecular flexibility index (Phi) is 7.14. The van der Waals surface area contributed by atoms with Crippen LogP contribution in [0.2, 0.25) is 0 Å². The molecule has 1 unspecified atom stereocenters. The summed E-state index contributed by atoms with van der Waals surface area (Å²) in [6.07, 6.45) is 4.79. The molecule has 1 atom stereocenters. The SMILES string of the molecule is CN=C(NCCCn1cccn1)NCC(C)N(C)c1ccccc1. The van der Waals surface area contributed by atoms with Gasteiger partial charge in [0.25, 0.3) is 0 Å². The van der Waals surface area contributed by atoms with E-state index in [4.69, 9.17) is 0 Å². The molecule has 1 aromatic carbocycles. The van der Waals surface area contributed by atoms with Crippen molar-refractivity contribution in [1.82, 2.24) is 20.4 Å². The molecule has 130 valence electrons. The molecule has 2 N–H and O–H groups in total. The van der Waals surface area contributed by atoms with Crippen LogP contribution in [0.15, 0.2) is 53.8 Å². The molecule has 24 heavy (non-hydrogen) atoms. The molecule has 2 aromatic rings. The number of nitrogens with one attached hydrogen (secondary N) is 2. The molecule has 0 spiro atoms. The van der Waals surface area contributed by atoms with Crippen LogP contribution in [-0.4, -0.2) is 49.0 Å². The molecule has 0 aliphatic heterocycles. The Labute approximate surface area is 144 Å². The minimum absolute atomic E-state index is 0.357. The van der Waals surface area contributed by atoms with Crippen molar-refractivity contribution < 1.29 is 0 Å². The van der Waals surface area contributed by atoms with Crippen LogP contribution in [0.4, 0.5) is 5.69 Å². The number of benzene rings is 1. The highest BCUT2D eigenvalue weighted by molar-refractivity contribution is 5.79. The standard InChI is InChI=1S/C18H28N6/c1-16(23(3)17-9-5-4-6-10-17)15-21-18(19-2)20-11-7-13-24-14-8-12-22-24/h4-6,8-10,12,14,16H,7,11,13,15H2,1-3H3,(H2,19,20,21). The molecule has 0 saturated heterocycles. The molecule has 2 rings (SSSR count). The molecule has 0 saturated carbocycles. The van der Waals surface area contributed by atoms with E-state index >= 15 is 0 Å². The fraction of sp³-hybridized carbons (Fsp3) is 0.444. The Morgan fingerprint density at radius 2 is 2.04 bits per heavy atom. The molecule has 0 aliphatic rings. The molecule has 6 heteroatoms. The van der Waals surface area contributed by atoms with E-state index in [1.165, 1.54) is 5.69 Å². The number of aliphatic imine (C=N–C) groups is 1. The fourth-order valence-corrected chi connectivity index (χ4v) is 2.40. The molecule has 0 bridgehead atoms. The van der Waals surface area contributed by atoms with Gasteiger partial charge in [-0.1, -0.05) is 18.2 Å². The Morgan fingerprint density at radius 1 is 1.25 bits per heavy atom. The van der Waals surface area contributed by atoms with Gasteiger partial charge in [-0.25, -0.2) is 0 Å². The van der Waals surface area contributed by atoms with Crippen molar-refractivity contribution in [3.8, 4) is 0 Å². The van der Waals surface area contributed by atoms with Crippen LogP contribution in [0, 0.1) is 0 Å². The first-order chi connectivity index (χ1) is 11.7. The van der Waals surface area contributed by atoms with Gasteiger partial charge in [-0.3, -0.25) is 9.67 Å². The van der Waals surface area contributed by atoms with E-state index in [-0.39, 0.29) is 0 Å². The smallest absolute Gasteiger partial charge is 0.191 e. The van der Waals surface area contributed by atoms with E-state index in [1.54, 1.807) is 13.2 Å².